The summed E-state index contributed by atoms with van der Waals surface area (Å²) in [4.78, 5) is 0. The smallest absolute Gasteiger partial charge is 0.0836 e. The Kier molecular flexibility index (Phi) is 2.88. The largest absolute Gasteiger partial charge is 0.297 e. The van der Waals surface area contributed by atoms with Gasteiger partial charge in [-0.1, -0.05) is 18.2 Å². The van der Waals surface area contributed by atoms with Gasteiger partial charge in [-0.25, -0.2) is 0 Å². The van der Waals surface area contributed by atoms with Crippen molar-refractivity contribution in [3.05, 3.63) is 35.4 Å². The molecule has 4 nitrogen and oxygen atoms in total. The summed E-state index contributed by atoms with van der Waals surface area (Å²) in [5.41, 5.74) is 2.65. The molecule has 0 aliphatic carbocycles. The third-order valence-corrected chi connectivity index (χ3v) is 3.22. The summed E-state index contributed by atoms with van der Waals surface area (Å²) in [5, 5.41) is 13.8. The van der Waals surface area contributed by atoms with Gasteiger partial charge in [-0.15, -0.1) is 0 Å². The SMILES string of the molecule is c1cc(C2NCCN2)cc(C2NCCN2)c1. The monoisotopic (exact) mass is 218 g/mol. The van der Waals surface area contributed by atoms with E-state index in [1.54, 1.807) is 0 Å². The molecule has 0 saturated carbocycles. The highest BCUT2D eigenvalue weighted by atomic mass is 15.2. The first-order chi connectivity index (χ1) is 7.93. The van der Waals surface area contributed by atoms with Gasteiger partial charge in [0.25, 0.3) is 0 Å². The average Bonchev–Trinajstić information content (AvgIpc) is 3.03. The maximum absolute atomic E-state index is 3.44. The van der Waals surface area contributed by atoms with Crippen molar-refractivity contribution in [3.63, 3.8) is 0 Å². The fraction of sp³-hybridized carbons (Fsp3) is 0.500. The molecule has 2 heterocycles. The maximum atomic E-state index is 3.44. The predicted molar refractivity (Wildman–Crippen MR) is 63.9 cm³/mol. The molecule has 2 aliphatic heterocycles. The minimum absolute atomic E-state index is 0.321. The lowest BCUT2D eigenvalue weighted by Gasteiger charge is -2.16. The molecule has 0 radical (unpaired) electrons. The summed E-state index contributed by atoms with van der Waals surface area (Å²) in [5.74, 6) is 0. The van der Waals surface area contributed by atoms with Crippen LogP contribution in [0.3, 0.4) is 0 Å². The van der Waals surface area contributed by atoms with E-state index in [4.69, 9.17) is 0 Å². The van der Waals surface area contributed by atoms with Crippen LogP contribution in [0.25, 0.3) is 0 Å². The molecule has 16 heavy (non-hydrogen) atoms. The van der Waals surface area contributed by atoms with Gasteiger partial charge in [-0.05, 0) is 17.2 Å². The van der Waals surface area contributed by atoms with Crippen LogP contribution in [0.15, 0.2) is 24.3 Å². The Balaban J connectivity index is 1.81. The van der Waals surface area contributed by atoms with Crippen LogP contribution in [0, 0.1) is 0 Å². The molecule has 0 bridgehead atoms. The lowest BCUT2D eigenvalue weighted by atomic mass is 10.1. The Morgan fingerprint density at radius 2 is 1.19 bits per heavy atom. The molecular weight excluding hydrogens is 200 g/mol. The first-order valence-corrected chi connectivity index (χ1v) is 5.97. The van der Waals surface area contributed by atoms with Crippen molar-refractivity contribution in [2.75, 3.05) is 26.2 Å². The van der Waals surface area contributed by atoms with E-state index < -0.39 is 0 Å². The van der Waals surface area contributed by atoms with Crippen LogP contribution in [0.5, 0.6) is 0 Å². The second kappa shape index (κ2) is 4.51. The molecule has 1 aromatic rings. The van der Waals surface area contributed by atoms with E-state index >= 15 is 0 Å². The van der Waals surface area contributed by atoms with Gasteiger partial charge < -0.3 is 0 Å². The van der Waals surface area contributed by atoms with Gasteiger partial charge in [0, 0.05) is 26.2 Å². The number of nitrogens with one attached hydrogen (secondary N) is 4. The highest BCUT2D eigenvalue weighted by molar-refractivity contribution is 5.28. The van der Waals surface area contributed by atoms with E-state index in [1.807, 2.05) is 0 Å². The van der Waals surface area contributed by atoms with Crippen LogP contribution in [-0.2, 0) is 0 Å². The molecule has 2 aliphatic rings. The Bertz CT molecular complexity index is 323. The fourth-order valence-corrected chi connectivity index (χ4v) is 2.40. The second-order valence-electron chi connectivity index (χ2n) is 4.35. The molecule has 4 heteroatoms. The van der Waals surface area contributed by atoms with Gasteiger partial charge in [0.15, 0.2) is 0 Å². The Morgan fingerprint density at radius 1 is 0.750 bits per heavy atom. The van der Waals surface area contributed by atoms with E-state index in [2.05, 4.69) is 45.5 Å². The van der Waals surface area contributed by atoms with Gasteiger partial charge in [-0.3, -0.25) is 21.3 Å². The first kappa shape index (κ1) is 10.2. The van der Waals surface area contributed by atoms with Gasteiger partial charge in [0.05, 0.1) is 12.3 Å². The van der Waals surface area contributed by atoms with E-state index in [0.717, 1.165) is 26.2 Å². The third-order valence-electron chi connectivity index (χ3n) is 3.22. The predicted octanol–water partition coefficient (Wildman–Crippen LogP) is 0.0694. The van der Waals surface area contributed by atoms with Crippen LogP contribution >= 0.6 is 0 Å². The van der Waals surface area contributed by atoms with Crippen molar-refractivity contribution in [2.24, 2.45) is 0 Å². The summed E-state index contributed by atoms with van der Waals surface area (Å²) in [6.07, 6.45) is 0.641. The van der Waals surface area contributed by atoms with Crippen LogP contribution < -0.4 is 21.3 Å². The Labute approximate surface area is 95.8 Å². The molecular formula is C12H18N4. The Hall–Kier alpha value is -0.940. The summed E-state index contributed by atoms with van der Waals surface area (Å²) >= 11 is 0. The topological polar surface area (TPSA) is 48.1 Å². The van der Waals surface area contributed by atoms with Gasteiger partial charge >= 0.3 is 0 Å². The van der Waals surface area contributed by atoms with E-state index in [0.29, 0.717) is 12.3 Å². The van der Waals surface area contributed by atoms with Crippen molar-refractivity contribution in [2.45, 2.75) is 12.3 Å². The third kappa shape index (κ3) is 1.97. The minimum Gasteiger partial charge on any atom is -0.297 e. The number of rotatable bonds is 2. The lowest BCUT2D eigenvalue weighted by molar-refractivity contribution is 0.571. The number of hydrogen-bond donors (Lipinski definition) is 4. The highest BCUT2D eigenvalue weighted by Crippen LogP contribution is 2.18. The molecule has 0 unspecified atom stereocenters. The molecule has 0 atom stereocenters. The van der Waals surface area contributed by atoms with E-state index in [-0.39, 0.29) is 0 Å². The van der Waals surface area contributed by atoms with Crippen molar-refractivity contribution in [1.29, 1.82) is 0 Å². The molecule has 2 saturated heterocycles. The molecule has 3 rings (SSSR count). The molecule has 1 aromatic carbocycles. The van der Waals surface area contributed by atoms with Gasteiger partial charge in [0.1, 0.15) is 0 Å². The molecule has 4 N–H and O–H groups in total. The zero-order valence-corrected chi connectivity index (χ0v) is 9.29. The molecule has 0 spiro atoms. The average molecular weight is 218 g/mol. The summed E-state index contributed by atoms with van der Waals surface area (Å²) in [6, 6.07) is 8.75. The number of benzene rings is 1. The van der Waals surface area contributed by atoms with Crippen molar-refractivity contribution < 1.29 is 0 Å². The van der Waals surface area contributed by atoms with Gasteiger partial charge in [-0.2, -0.15) is 0 Å². The standard InChI is InChI=1S/C12H18N4/c1-2-9(11-13-4-5-14-11)8-10(3-1)12-15-6-7-16-12/h1-3,8,11-16H,4-7H2. The van der Waals surface area contributed by atoms with Crippen molar-refractivity contribution in [1.82, 2.24) is 21.3 Å². The zero-order valence-electron chi connectivity index (χ0n) is 9.29. The zero-order chi connectivity index (χ0) is 10.8. The summed E-state index contributed by atoms with van der Waals surface area (Å²) in [7, 11) is 0. The minimum atomic E-state index is 0.321. The fourth-order valence-electron chi connectivity index (χ4n) is 2.40. The molecule has 0 amide bonds. The molecule has 0 aromatic heterocycles. The maximum Gasteiger partial charge on any atom is 0.0836 e. The van der Waals surface area contributed by atoms with E-state index in [1.165, 1.54) is 11.1 Å². The van der Waals surface area contributed by atoms with Crippen LogP contribution in [0.2, 0.25) is 0 Å². The van der Waals surface area contributed by atoms with Crippen molar-refractivity contribution in [3.8, 4) is 0 Å². The molecule has 2 fully saturated rings. The lowest BCUT2D eigenvalue weighted by Crippen LogP contribution is -2.24. The van der Waals surface area contributed by atoms with Crippen LogP contribution in [-0.4, -0.2) is 26.2 Å². The molecule has 86 valence electrons. The highest BCUT2D eigenvalue weighted by Gasteiger charge is 2.18. The van der Waals surface area contributed by atoms with E-state index in [9.17, 15) is 0 Å². The Morgan fingerprint density at radius 3 is 1.62 bits per heavy atom. The van der Waals surface area contributed by atoms with Crippen LogP contribution in [0.1, 0.15) is 23.5 Å². The van der Waals surface area contributed by atoms with Crippen LogP contribution in [0.4, 0.5) is 0 Å². The quantitative estimate of drug-likeness (QED) is 0.567. The summed E-state index contributed by atoms with van der Waals surface area (Å²) < 4.78 is 0. The normalized spacial score (nSPS) is 23.0. The number of hydrogen-bond acceptors (Lipinski definition) is 4. The first-order valence-electron chi connectivity index (χ1n) is 5.97. The van der Waals surface area contributed by atoms with Crippen molar-refractivity contribution >= 4 is 0 Å². The van der Waals surface area contributed by atoms with Gasteiger partial charge in [0.2, 0.25) is 0 Å². The summed E-state index contributed by atoms with van der Waals surface area (Å²) in [6.45, 7) is 4.20. The second-order valence-corrected chi connectivity index (χ2v) is 4.35.